The summed E-state index contributed by atoms with van der Waals surface area (Å²) in [6, 6.07) is 3.92. The number of rotatable bonds is 7. The summed E-state index contributed by atoms with van der Waals surface area (Å²) >= 11 is 0. The topological polar surface area (TPSA) is 47.6 Å². The van der Waals surface area contributed by atoms with E-state index in [0.29, 0.717) is 11.5 Å². The molecule has 0 unspecified atom stereocenters. The minimum Gasteiger partial charge on any atom is -0.207 e. The highest BCUT2D eigenvalue weighted by Crippen LogP contribution is 2.30. The van der Waals surface area contributed by atoms with Crippen LogP contribution in [0.2, 0.25) is 0 Å². The molecule has 0 aliphatic carbocycles. The Bertz CT molecular complexity index is 2070. The number of allylic oxidation sites excluding steroid dienone is 1. The van der Waals surface area contributed by atoms with Crippen LogP contribution < -0.4 is 21.9 Å². The largest absolute Gasteiger partial charge is 0.207 e. The molecule has 0 fully saturated rings. The zero-order chi connectivity index (χ0) is 44.8. The Morgan fingerprint density at radius 1 is 0.397 bits per heavy atom. The van der Waals surface area contributed by atoms with E-state index in [1.165, 1.54) is 0 Å². The monoisotopic (exact) mass is 874 g/mol. The number of nitrogens with zero attached hydrogens (tertiary/aromatic N) is 2. The number of halogens is 20. The standard InChI is InChI=1S/C24BF20.C10H15N2S/c26-5-1(6(27)14(35)21(42)13(5)34)25(2-7(28)15(36)22(43)16(37)8(2)29,3-9(30)17(38)23(44)18(39)10(3)31)4-11(32)19(40)24(45)20(41)12(4)33;1-8(2)10(7-13(3)4)9(5-11)6-12/h;8H,7H2,1-4H3/q-1;+1. The van der Waals surface area contributed by atoms with Crippen LogP contribution in [0, 0.1) is 145 Å². The lowest BCUT2D eigenvalue weighted by Crippen LogP contribution is -2.81. The zero-order valence-electron chi connectivity index (χ0n) is 28.7. The van der Waals surface area contributed by atoms with E-state index in [1.54, 1.807) is 0 Å². The van der Waals surface area contributed by atoms with Crippen LogP contribution in [-0.2, 0) is 10.9 Å². The summed E-state index contributed by atoms with van der Waals surface area (Å²) in [6.07, 6.45) is -2.98. The fraction of sp³-hybridized carbons (Fsp3) is 0.176. The van der Waals surface area contributed by atoms with Gasteiger partial charge in [0.2, 0.25) is 0 Å². The van der Waals surface area contributed by atoms with Gasteiger partial charge in [-0.25, -0.2) is 87.8 Å². The lowest BCUT2D eigenvalue weighted by atomic mass is 9.12. The maximum absolute atomic E-state index is 15.4. The van der Waals surface area contributed by atoms with Crippen LogP contribution in [0.5, 0.6) is 0 Å². The average molecular weight is 874 g/mol. The zero-order valence-corrected chi connectivity index (χ0v) is 29.5. The van der Waals surface area contributed by atoms with Crippen molar-refractivity contribution in [3.8, 4) is 12.1 Å². The predicted molar refractivity (Wildman–Crippen MR) is 166 cm³/mol. The van der Waals surface area contributed by atoms with Crippen molar-refractivity contribution in [3.63, 3.8) is 0 Å². The highest BCUT2D eigenvalue weighted by molar-refractivity contribution is 7.95. The molecule has 0 aromatic heterocycles. The summed E-state index contributed by atoms with van der Waals surface area (Å²) in [6.45, 7) is 4.05. The van der Waals surface area contributed by atoms with Crippen molar-refractivity contribution in [2.75, 3.05) is 18.3 Å². The van der Waals surface area contributed by atoms with Crippen molar-refractivity contribution in [3.05, 3.63) is 127 Å². The first kappa shape index (κ1) is 47.0. The van der Waals surface area contributed by atoms with E-state index in [-0.39, 0.29) is 10.9 Å². The average Bonchev–Trinajstić information content (AvgIpc) is 3.17. The van der Waals surface area contributed by atoms with Gasteiger partial charge in [0.1, 0.15) is 76.1 Å². The van der Waals surface area contributed by atoms with Crippen molar-refractivity contribution >= 4 is 38.9 Å². The fourth-order valence-electron chi connectivity index (χ4n) is 5.88. The first-order valence-electron chi connectivity index (χ1n) is 15.0. The molecule has 0 N–H and O–H groups in total. The number of hydrogen-bond acceptors (Lipinski definition) is 2. The molecule has 0 heterocycles. The summed E-state index contributed by atoms with van der Waals surface area (Å²) < 4.78 is 294. The molecule has 0 saturated heterocycles. The molecule has 4 aromatic rings. The normalized spacial score (nSPS) is 11.4. The Morgan fingerprint density at radius 2 is 0.569 bits per heavy atom. The molecule has 0 amide bonds. The molecule has 0 bridgehead atoms. The Morgan fingerprint density at radius 3 is 0.707 bits per heavy atom. The second kappa shape index (κ2) is 17.2. The van der Waals surface area contributed by atoms with Gasteiger partial charge < -0.3 is 0 Å². The van der Waals surface area contributed by atoms with Crippen molar-refractivity contribution in [2.24, 2.45) is 5.92 Å². The maximum atomic E-state index is 15.4. The maximum Gasteiger partial charge on any atom is 0.200 e. The van der Waals surface area contributed by atoms with E-state index < -0.39 is 144 Å². The van der Waals surface area contributed by atoms with Crippen molar-refractivity contribution in [2.45, 2.75) is 13.8 Å². The third kappa shape index (κ3) is 7.30. The van der Waals surface area contributed by atoms with Gasteiger partial charge in [-0.05, 0) is 16.8 Å². The molecule has 4 aromatic carbocycles. The Balaban J connectivity index is 0.000000594. The van der Waals surface area contributed by atoms with Gasteiger partial charge >= 0.3 is 0 Å². The molecule has 24 heteroatoms. The highest BCUT2D eigenvalue weighted by Gasteiger charge is 2.52. The molecule has 0 radical (unpaired) electrons. The first-order valence-corrected chi connectivity index (χ1v) is 17.2. The van der Waals surface area contributed by atoms with Crippen LogP contribution in [0.25, 0.3) is 0 Å². The van der Waals surface area contributed by atoms with Crippen molar-refractivity contribution < 1.29 is 87.8 Å². The summed E-state index contributed by atoms with van der Waals surface area (Å²) in [4.78, 5) is 0. The van der Waals surface area contributed by atoms with Crippen LogP contribution in [0.3, 0.4) is 0 Å². The van der Waals surface area contributed by atoms with Gasteiger partial charge in [0, 0.05) is 5.57 Å². The fourth-order valence-corrected chi connectivity index (χ4v) is 6.98. The first-order chi connectivity index (χ1) is 26.7. The Labute approximate surface area is 314 Å². The van der Waals surface area contributed by atoms with E-state index in [9.17, 15) is 52.7 Å². The van der Waals surface area contributed by atoms with Crippen LogP contribution in [0.15, 0.2) is 11.1 Å². The highest BCUT2D eigenvalue weighted by atomic mass is 32.2. The smallest absolute Gasteiger partial charge is 0.200 e. The SMILES string of the molecule is CC(C)C(C[S+](C)C)=C(C#N)C#N.Fc1c(F)c(F)c([B-](c2c(F)c(F)c(F)c(F)c2F)(c2c(F)c(F)c(F)c(F)c2F)c2c(F)c(F)c(F)c(F)c2F)c(F)c1F. The minimum absolute atomic E-state index is 0.250. The molecule has 2 nitrogen and oxygen atoms in total. The van der Waals surface area contributed by atoms with E-state index in [4.69, 9.17) is 10.5 Å². The quantitative estimate of drug-likeness (QED) is 0.0478. The molecule has 0 saturated carbocycles. The van der Waals surface area contributed by atoms with Gasteiger partial charge in [-0.2, -0.15) is 10.5 Å². The minimum atomic E-state index is -7.22. The number of nitriles is 2. The number of benzene rings is 4. The van der Waals surface area contributed by atoms with Crippen LogP contribution >= 0.6 is 0 Å². The molecule has 58 heavy (non-hydrogen) atoms. The molecule has 310 valence electrons. The third-order valence-electron chi connectivity index (χ3n) is 8.39. The summed E-state index contributed by atoms with van der Waals surface area (Å²) in [5.74, 6) is -70.2. The molecular formula is C34H15BF20N2S. The molecular weight excluding hydrogens is 859 g/mol. The second-order valence-electron chi connectivity index (χ2n) is 12.2. The Kier molecular flexibility index (Phi) is 14.0. The van der Waals surface area contributed by atoms with E-state index in [2.05, 4.69) is 12.5 Å². The van der Waals surface area contributed by atoms with Gasteiger partial charge in [-0.3, -0.25) is 0 Å². The van der Waals surface area contributed by atoms with E-state index >= 15 is 35.1 Å². The lowest BCUT2D eigenvalue weighted by Gasteiger charge is -2.44. The summed E-state index contributed by atoms with van der Waals surface area (Å²) in [7, 11) is 0.250. The van der Waals surface area contributed by atoms with Gasteiger partial charge in [-0.1, -0.05) is 13.8 Å². The van der Waals surface area contributed by atoms with Crippen molar-refractivity contribution in [1.29, 1.82) is 10.5 Å². The third-order valence-corrected chi connectivity index (χ3v) is 9.28. The van der Waals surface area contributed by atoms with Crippen LogP contribution in [0.4, 0.5) is 87.8 Å². The molecule has 0 atom stereocenters. The molecule has 0 aliphatic heterocycles. The second-order valence-corrected chi connectivity index (χ2v) is 14.5. The van der Waals surface area contributed by atoms with Gasteiger partial charge in [0.15, 0.2) is 69.8 Å². The van der Waals surface area contributed by atoms with Gasteiger partial charge in [0.25, 0.3) is 0 Å². The van der Waals surface area contributed by atoms with Gasteiger partial charge in [-0.15, -0.1) is 21.9 Å². The summed E-state index contributed by atoms with van der Waals surface area (Å²) in [5.41, 5.74) is -13.0. The summed E-state index contributed by atoms with van der Waals surface area (Å²) in [5, 5.41) is 17.5. The Hall–Kier alpha value is -5.39. The lowest BCUT2D eigenvalue weighted by molar-refractivity contribution is 0.378. The number of hydrogen-bond donors (Lipinski definition) is 0. The van der Waals surface area contributed by atoms with Crippen molar-refractivity contribution in [1.82, 2.24) is 0 Å². The van der Waals surface area contributed by atoms with Crippen LogP contribution in [0.1, 0.15) is 13.8 Å². The molecule has 4 rings (SSSR count). The predicted octanol–water partition coefficient (Wildman–Crippen LogP) is 7.71. The molecule has 0 spiro atoms. The molecule has 0 aliphatic rings. The van der Waals surface area contributed by atoms with E-state index in [0.717, 1.165) is 11.3 Å². The van der Waals surface area contributed by atoms with Crippen LogP contribution in [-0.4, -0.2) is 24.4 Å². The van der Waals surface area contributed by atoms with E-state index in [1.807, 2.05) is 26.0 Å². The van der Waals surface area contributed by atoms with Gasteiger partial charge in [0.05, 0.1) is 12.5 Å².